The summed E-state index contributed by atoms with van der Waals surface area (Å²) in [7, 11) is 0. The molecule has 1 nitrogen and oxygen atoms in total. The summed E-state index contributed by atoms with van der Waals surface area (Å²) in [6, 6.07) is 11.2. The molecule has 0 N–H and O–H groups in total. The Kier molecular flexibility index (Phi) is 3.73. The zero-order valence-corrected chi connectivity index (χ0v) is 15.1. The average Bonchev–Trinajstić information content (AvgIpc) is 3.06. The number of benzene rings is 1. The minimum absolute atomic E-state index is 0.355. The van der Waals surface area contributed by atoms with Crippen LogP contribution in [-0.2, 0) is 11.2 Å². The molecule has 2 saturated carbocycles. The molecule has 3 atom stereocenters. The van der Waals surface area contributed by atoms with Gasteiger partial charge in [0.1, 0.15) is 0 Å². The maximum absolute atomic E-state index is 11.8. The molecule has 5 rings (SSSR count). The van der Waals surface area contributed by atoms with E-state index >= 15 is 0 Å². The third-order valence-electron chi connectivity index (χ3n) is 7.66. The molecular formula is C24H28O. The van der Waals surface area contributed by atoms with Gasteiger partial charge in [-0.25, -0.2) is 0 Å². The molecule has 0 heterocycles. The Morgan fingerprint density at radius 2 is 1.84 bits per heavy atom. The number of ketones is 1. The molecule has 0 aliphatic heterocycles. The summed E-state index contributed by atoms with van der Waals surface area (Å²) in [4.78, 5) is 11.8. The molecule has 2 fully saturated rings. The Balaban J connectivity index is 1.49. The molecule has 4 aliphatic carbocycles. The summed E-state index contributed by atoms with van der Waals surface area (Å²) in [6.07, 6.45) is 14.4. The number of allylic oxidation sites excluding steroid dienone is 4. The second kappa shape index (κ2) is 5.97. The van der Waals surface area contributed by atoms with Crippen molar-refractivity contribution < 1.29 is 4.79 Å². The molecule has 1 aromatic carbocycles. The van der Waals surface area contributed by atoms with Crippen molar-refractivity contribution >= 4 is 5.78 Å². The van der Waals surface area contributed by atoms with E-state index in [2.05, 4.69) is 30.3 Å². The number of hydrogen-bond acceptors (Lipinski definition) is 1. The molecule has 1 heteroatoms. The molecule has 0 saturated heterocycles. The quantitative estimate of drug-likeness (QED) is 0.668. The zero-order valence-electron chi connectivity index (χ0n) is 15.1. The summed E-state index contributed by atoms with van der Waals surface area (Å²) in [5.41, 5.74) is 6.85. The molecule has 0 unspecified atom stereocenters. The van der Waals surface area contributed by atoms with Crippen LogP contribution < -0.4 is 0 Å². The van der Waals surface area contributed by atoms with Crippen LogP contribution >= 0.6 is 0 Å². The number of fused-ring (bicyclic) bond motifs is 4. The predicted octanol–water partition coefficient (Wildman–Crippen LogP) is 5.81. The van der Waals surface area contributed by atoms with Crippen LogP contribution in [-0.4, -0.2) is 5.78 Å². The fourth-order valence-corrected chi connectivity index (χ4v) is 6.64. The van der Waals surface area contributed by atoms with E-state index < -0.39 is 0 Å². The highest BCUT2D eigenvalue weighted by Crippen LogP contribution is 2.61. The molecule has 4 aliphatic rings. The van der Waals surface area contributed by atoms with Gasteiger partial charge in [0, 0.05) is 6.42 Å². The van der Waals surface area contributed by atoms with Crippen molar-refractivity contribution in [2.45, 2.75) is 64.2 Å². The average molecular weight is 332 g/mol. The topological polar surface area (TPSA) is 17.1 Å². The van der Waals surface area contributed by atoms with Crippen LogP contribution in [0.2, 0.25) is 0 Å². The Hall–Kier alpha value is -1.63. The highest BCUT2D eigenvalue weighted by atomic mass is 16.1. The maximum Gasteiger partial charge on any atom is 0.156 e. The fourth-order valence-electron chi connectivity index (χ4n) is 6.64. The van der Waals surface area contributed by atoms with Crippen molar-refractivity contribution in [1.29, 1.82) is 0 Å². The molecule has 0 bridgehead atoms. The third kappa shape index (κ3) is 2.55. The lowest BCUT2D eigenvalue weighted by Crippen LogP contribution is -2.40. The second-order valence-electron chi connectivity index (χ2n) is 8.81. The van der Waals surface area contributed by atoms with Gasteiger partial charge in [0.15, 0.2) is 5.78 Å². The minimum Gasteiger partial charge on any atom is -0.295 e. The van der Waals surface area contributed by atoms with E-state index in [1.165, 1.54) is 56.1 Å². The summed E-state index contributed by atoms with van der Waals surface area (Å²) < 4.78 is 0. The standard InChI is InChI=1S/C24H28O/c25-19-9-11-20-18(15-19)8-10-22-21(20)12-14-24(13-4-7-23(22)24)16-17-5-2-1-3-6-17/h1-3,5-6,15,22-23H,4,7-14,16H2/t22-,23+,24+/m1/s1. The van der Waals surface area contributed by atoms with E-state index in [-0.39, 0.29) is 0 Å². The Morgan fingerprint density at radius 3 is 2.72 bits per heavy atom. The van der Waals surface area contributed by atoms with Crippen molar-refractivity contribution in [2.75, 3.05) is 0 Å². The summed E-state index contributed by atoms with van der Waals surface area (Å²) in [5.74, 6) is 2.04. The molecule has 0 amide bonds. The fraction of sp³-hybridized carbons (Fsp3) is 0.542. The van der Waals surface area contributed by atoms with E-state index in [4.69, 9.17) is 0 Å². The largest absolute Gasteiger partial charge is 0.295 e. The zero-order chi connectivity index (χ0) is 16.9. The van der Waals surface area contributed by atoms with Crippen molar-refractivity contribution in [2.24, 2.45) is 17.3 Å². The van der Waals surface area contributed by atoms with Gasteiger partial charge in [0.2, 0.25) is 0 Å². The lowest BCUT2D eigenvalue weighted by Gasteiger charge is -2.49. The number of carbonyl (C=O) groups excluding carboxylic acids is 1. The molecule has 0 radical (unpaired) electrons. The van der Waals surface area contributed by atoms with Crippen LogP contribution in [0.5, 0.6) is 0 Å². The molecular weight excluding hydrogens is 304 g/mol. The lowest BCUT2D eigenvalue weighted by molar-refractivity contribution is -0.114. The van der Waals surface area contributed by atoms with Gasteiger partial charge in [0.05, 0.1) is 0 Å². The number of rotatable bonds is 2. The first kappa shape index (κ1) is 15.6. The summed E-state index contributed by atoms with van der Waals surface area (Å²) in [5, 5.41) is 0. The van der Waals surface area contributed by atoms with Gasteiger partial charge in [-0.05, 0) is 91.4 Å². The predicted molar refractivity (Wildman–Crippen MR) is 101 cm³/mol. The van der Waals surface area contributed by atoms with Gasteiger partial charge >= 0.3 is 0 Å². The molecule has 130 valence electrons. The van der Waals surface area contributed by atoms with Crippen molar-refractivity contribution in [1.82, 2.24) is 0 Å². The van der Waals surface area contributed by atoms with Crippen molar-refractivity contribution in [3.63, 3.8) is 0 Å². The lowest BCUT2D eigenvalue weighted by atomic mass is 9.56. The van der Waals surface area contributed by atoms with Gasteiger partial charge in [-0.3, -0.25) is 4.79 Å². The van der Waals surface area contributed by atoms with Crippen molar-refractivity contribution in [3.05, 3.63) is 58.7 Å². The van der Waals surface area contributed by atoms with Crippen LogP contribution in [0.3, 0.4) is 0 Å². The van der Waals surface area contributed by atoms with Gasteiger partial charge in [-0.1, -0.05) is 42.3 Å². The Labute approximate surface area is 151 Å². The highest BCUT2D eigenvalue weighted by molar-refractivity contribution is 5.93. The minimum atomic E-state index is 0.355. The van der Waals surface area contributed by atoms with Crippen LogP contribution in [0.4, 0.5) is 0 Å². The maximum atomic E-state index is 11.8. The Morgan fingerprint density at radius 1 is 0.960 bits per heavy atom. The van der Waals surface area contributed by atoms with Gasteiger partial charge in [-0.2, -0.15) is 0 Å². The normalized spacial score (nSPS) is 34.2. The van der Waals surface area contributed by atoms with E-state index in [0.29, 0.717) is 11.2 Å². The van der Waals surface area contributed by atoms with E-state index in [1.54, 1.807) is 11.1 Å². The first-order valence-corrected chi connectivity index (χ1v) is 10.2. The van der Waals surface area contributed by atoms with Crippen LogP contribution in [0.1, 0.15) is 63.4 Å². The summed E-state index contributed by atoms with van der Waals surface area (Å²) in [6.45, 7) is 0. The highest BCUT2D eigenvalue weighted by Gasteiger charge is 2.51. The van der Waals surface area contributed by atoms with E-state index in [1.807, 2.05) is 6.08 Å². The second-order valence-corrected chi connectivity index (χ2v) is 8.81. The molecule has 0 spiro atoms. The first-order chi connectivity index (χ1) is 12.3. The van der Waals surface area contributed by atoms with Gasteiger partial charge < -0.3 is 0 Å². The summed E-state index contributed by atoms with van der Waals surface area (Å²) >= 11 is 0. The Bertz CT molecular complexity index is 754. The SMILES string of the molecule is O=C1C=C2CC[C@@H]3C(=C2CC1)CC[C@]1(Cc2ccccc2)CCC[C@@H]31. The van der Waals surface area contributed by atoms with Crippen LogP contribution in [0, 0.1) is 17.3 Å². The van der Waals surface area contributed by atoms with E-state index in [0.717, 1.165) is 31.1 Å². The van der Waals surface area contributed by atoms with Crippen molar-refractivity contribution in [3.8, 4) is 0 Å². The number of carbonyl (C=O) groups is 1. The number of hydrogen-bond donors (Lipinski definition) is 0. The molecule has 25 heavy (non-hydrogen) atoms. The van der Waals surface area contributed by atoms with E-state index in [9.17, 15) is 4.79 Å². The van der Waals surface area contributed by atoms with Gasteiger partial charge in [-0.15, -0.1) is 0 Å². The monoisotopic (exact) mass is 332 g/mol. The van der Waals surface area contributed by atoms with Crippen LogP contribution in [0.15, 0.2) is 53.1 Å². The van der Waals surface area contributed by atoms with Gasteiger partial charge in [0.25, 0.3) is 0 Å². The van der Waals surface area contributed by atoms with Crippen LogP contribution in [0.25, 0.3) is 0 Å². The molecule has 1 aromatic rings. The smallest absolute Gasteiger partial charge is 0.156 e. The molecule has 0 aromatic heterocycles. The first-order valence-electron chi connectivity index (χ1n) is 10.2. The third-order valence-corrected chi connectivity index (χ3v) is 7.66.